The van der Waals surface area contributed by atoms with E-state index in [0.717, 1.165) is 22.6 Å². The Hall–Kier alpha value is -2.09. The second-order valence-corrected chi connectivity index (χ2v) is 7.78. The Kier molecular flexibility index (Phi) is 4.75. The number of rotatable bonds is 5. The molecule has 124 valence electrons. The molecule has 0 radical (unpaired) electrons. The van der Waals surface area contributed by atoms with Crippen molar-refractivity contribution in [1.29, 1.82) is 0 Å². The predicted molar refractivity (Wildman–Crippen MR) is 89.3 cm³/mol. The van der Waals surface area contributed by atoms with Crippen LogP contribution in [0.15, 0.2) is 70.9 Å². The van der Waals surface area contributed by atoms with Gasteiger partial charge in [0.15, 0.2) is 0 Å². The summed E-state index contributed by atoms with van der Waals surface area (Å²) < 4.78 is 54.4. The van der Waals surface area contributed by atoms with Gasteiger partial charge in [-0.3, -0.25) is 0 Å². The van der Waals surface area contributed by atoms with E-state index in [1.807, 2.05) is 17.5 Å². The summed E-state index contributed by atoms with van der Waals surface area (Å²) in [6.45, 7) is 0. The molecule has 0 saturated heterocycles. The van der Waals surface area contributed by atoms with Crippen LogP contribution in [0.1, 0.15) is 16.5 Å². The quantitative estimate of drug-likeness (QED) is 0.740. The molecule has 2 aromatic carbocycles. The largest absolute Gasteiger partial charge is 0.241 e. The maximum atomic E-state index is 13.4. The summed E-state index contributed by atoms with van der Waals surface area (Å²) >= 11 is 1.39. The Morgan fingerprint density at radius 1 is 0.917 bits per heavy atom. The molecule has 24 heavy (non-hydrogen) atoms. The van der Waals surface area contributed by atoms with Crippen molar-refractivity contribution in [2.75, 3.05) is 0 Å². The molecule has 3 nitrogen and oxygen atoms in total. The van der Waals surface area contributed by atoms with Gasteiger partial charge in [0, 0.05) is 10.9 Å². The molecule has 1 N–H and O–H groups in total. The van der Waals surface area contributed by atoms with Crippen LogP contribution in [0.25, 0.3) is 0 Å². The molecule has 0 unspecified atom stereocenters. The number of sulfonamides is 1. The van der Waals surface area contributed by atoms with Gasteiger partial charge in [-0.15, -0.1) is 11.3 Å². The summed E-state index contributed by atoms with van der Waals surface area (Å²) in [5.41, 5.74) is 0.736. The number of nitrogens with one attached hydrogen (secondary N) is 1. The lowest BCUT2D eigenvalue weighted by Crippen LogP contribution is -2.29. The van der Waals surface area contributed by atoms with Crippen LogP contribution in [0.3, 0.4) is 0 Å². The maximum Gasteiger partial charge on any atom is 0.241 e. The van der Waals surface area contributed by atoms with Crippen LogP contribution in [0.4, 0.5) is 8.78 Å². The molecule has 0 bridgehead atoms. The van der Waals surface area contributed by atoms with Crippen LogP contribution < -0.4 is 4.72 Å². The molecule has 1 heterocycles. The lowest BCUT2D eigenvalue weighted by atomic mass is 10.1. The fraction of sp³-hybridized carbons (Fsp3) is 0.0588. The Balaban J connectivity index is 2.01. The van der Waals surface area contributed by atoms with Crippen molar-refractivity contribution in [3.05, 3.63) is 88.1 Å². The van der Waals surface area contributed by atoms with Crippen molar-refractivity contribution < 1.29 is 17.2 Å². The molecule has 3 rings (SSSR count). The van der Waals surface area contributed by atoms with Gasteiger partial charge in [-0.1, -0.05) is 36.4 Å². The highest BCUT2D eigenvalue weighted by Crippen LogP contribution is 2.28. The van der Waals surface area contributed by atoms with Crippen LogP contribution in [0.2, 0.25) is 0 Å². The average Bonchev–Trinajstić information content (AvgIpc) is 3.07. The van der Waals surface area contributed by atoms with E-state index in [0.29, 0.717) is 6.07 Å². The summed E-state index contributed by atoms with van der Waals surface area (Å²) in [5, 5.41) is 1.83. The molecule has 7 heteroatoms. The topological polar surface area (TPSA) is 46.2 Å². The third kappa shape index (κ3) is 3.69. The summed E-state index contributed by atoms with van der Waals surface area (Å²) in [4.78, 5) is 0.333. The second kappa shape index (κ2) is 6.80. The SMILES string of the molecule is O=S(=O)(N[C@@H](c1ccccc1)c1cccs1)c1cc(F)cc(F)c1. The summed E-state index contributed by atoms with van der Waals surface area (Å²) in [7, 11) is -4.10. The Morgan fingerprint density at radius 3 is 2.17 bits per heavy atom. The Labute approximate surface area is 142 Å². The fourth-order valence-corrected chi connectivity index (χ4v) is 4.42. The van der Waals surface area contributed by atoms with Gasteiger partial charge in [0.05, 0.1) is 10.9 Å². The summed E-state index contributed by atoms with van der Waals surface area (Å²) in [6, 6.07) is 14.2. The third-order valence-electron chi connectivity index (χ3n) is 3.38. The molecule has 3 aromatic rings. The normalized spacial score (nSPS) is 12.9. The number of hydrogen-bond acceptors (Lipinski definition) is 3. The number of thiophene rings is 1. The zero-order chi connectivity index (χ0) is 17.2. The van der Waals surface area contributed by atoms with E-state index in [1.165, 1.54) is 11.3 Å². The van der Waals surface area contributed by atoms with Crippen LogP contribution in [0, 0.1) is 11.6 Å². The van der Waals surface area contributed by atoms with E-state index in [-0.39, 0.29) is 0 Å². The minimum atomic E-state index is -4.10. The van der Waals surface area contributed by atoms with E-state index in [4.69, 9.17) is 0 Å². The second-order valence-electron chi connectivity index (χ2n) is 5.09. The predicted octanol–water partition coefficient (Wildman–Crippen LogP) is 4.09. The molecule has 0 spiro atoms. The van der Waals surface area contributed by atoms with Gasteiger partial charge in [-0.2, -0.15) is 4.72 Å². The van der Waals surface area contributed by atoms with E-state index in [1.54, 1.807) is 30.3 Å². The van der Waals surface area contributed by atoms with Gasteiger partial charge in [-0.25, -0.2) is 17.2 Å². The Bertz CT molecular complexity index is 906. The first-order valence-electron chi connectivity index (χ1n) is 7.02. The number of halogens is 2. The average molecular weight is 365 g/mol. The van der Waals surface area contributed by atoms with E-state index >= 15 is 0 Å². The zero-order valence-electron chi connectivity index (χ0n) is 12.3. The van der Waals surface area contributed by atoms with E-state index in [2.05, 4.69) is 4.72 Å². The van der Waals surface area contributed by atoms with Gasteiger partial charge < -0.3 is 0 Å². The van der Waals surface area contributed by atoms with Crippen molar-refractivity contribution in [1.82, 2.24) is 4.72 Å². The van der Waals surface area contributed by atoms with Crippen LogP contribution in [-0.4, -0.2) is 8.42 Å². The lowest BCUT2D eigenvalue weighted by molar-refractivity contribution is 0.557. The minimum Gasteiger partial charge on any atom is -0.207 e. The Morgan fingerprint density at radius 2 is 1.58 bits per heavy atom. The van der Waals surface area contributed by atoms with Gasteiger partial charge >= 0.3 is 0 Å². The molecular formula is C17H13F2NO2S2. The van der Waals surface area contributed by atoms with Crippen molar-refractivity contribution >= 4 is 21.4 Å². The minimum absolute atomic E-state index is 0.447. The summed E-state index contributed by atoms with van der Waals surface area (Å²) in [6.07, 6.45) is 0. The highest BCUT2D eigenvalue weighted by atomic mass is 32.2. The molecule has 0 amide bonds. The first kappa shape index (κ1) is 16.8. The maximum absolute atomic E-state index is 13.4. The molecule has 0 aliphatic heterocycles. The monoisotopic (exact) mass is 365 g/mol. The number of hydrogen-bond donors (Lipinski definition) is 1. The molecule has 0 aliphatic carbocycles. The molecule has 0 saturated carbocycles. The fourth-order valence-electron chi connectivity index (χ4n) is 2.30. The standard InChI is InChI=1S/C17H13F2NO2S2/c18-13-9-14(19)11-15(10-13)24(21,22)20-17(16-7-4-8-23-16)12-5-2-1-3-6-12/h1-11,17,20H/t17-/m0/s1. The highest BCUT2D eigenvalue weighted by Gasteiger charge is 2.24. The molecular weight excluding hydrogens is 352 g/mol. The van der Waals surface area contributed by atoms with Gasteiger partial charge in [-0.05, 0) is 29.1 Å². The first-order chi connectivity index (χ1) is 11.5. The molecule has 0 fully saturated rings. The van der Waals surface area contributed by atoms with Gasteiger partial charge in [0.25, 0.3) is 0 Å². The molecule has 0 aliphatic rings. The van der Waals surface area contributed by atoms with Crippen molar-refractivity contribution in [3.8, 4) is 0 Å². The van der Waals surface area contributed by atoms with Gasteiger partial charge in [0.2, 0.25) is 10.0 Å². The first-order valence-corrected chi connectivity index (χ1v) is 9.39. The van der Waals surface area contributed by atoms with Crippen LogP contribution >= 0.6 is 11.3 Å². The van der Waals surface area contributed by atoms with Crippen molar-refractivity contribution in [2.45, 2.75) is 10.9 Å². The van der Waals surface area contributed by atoms with Crippen LogP contribution in [-0.2, 0) is 10.0 Å². The molecule has 1 atom stereocenters. The summed E-state index contributed by atoms with van der Waals surface area (Å²) in [5.74, 6) is -1.88. The number of benzene rings is 2. The van der Waals surface area contributed by atoms with Crippen LogP contribution in [0.5, 0.6) is 0 Å². The zero-order valence-corrected chi connectivity index (χ0v) is 14.0. The van der Waals surface area contributed by atoms with E-state index < -0.39 is 32.6 Å². The highest BCUT2D eigenvalue weighted by molar-refractivity contribution is 7.89. The van der Waals surface area contributed by atoms with Crippen molar-refractivity contribution in [2.24, 2.45) is 0 Å². The van der Waals surface area contributed by atoms with Crippen molar-refractivity contribution in [3.63, 3.8) is 0 Å². The molecule has 1 aromatic heterocycles. The third-order valence-corrected chi connectivity index (χ3v) is 5.72. The smallest absolute Gasteiger partial charge is 0.207 e. The van der Waals surface area contributed by atoms with E-state index in [9.17, 15) is 17.2 Å². The van der Waals surface area contributed by atoms with Gasteiger partial charge in [0.1, 0.15) is 11.6 Å². The lowest BCUT2D eigenvalue weighted by Gasteiger charge is -2.18.